The number of rotatable bonds is 7. The van der Waals surface area contributed by atoms with E-state index in [0.717, 1.165) is 16.9 Å². The number of hydrogen-bond donors (Lipinski definition) is 2. The van der Waals surface area contributed by atoms with Gasteiger partial charge in [-0.3, -0.25) is 14.5 Å². The summed E-state index contributed by atoms with van der Waals surface area (Å²) < 4.78 is 12.9. The average Bonchev–Trinajstić information content (AvgIpc) is 3.12. The molecule has 0 aliphatic heterocycles. The lowest BCUT2D eigenvalue weighted by molar-refractivity contribution is -0.116. The summed E-state index contributed by atoms with van der Waals surface area (Å²) in [5, 5.41) is 10.1. The Kier molecular flexibility index (Phi) is 6.80. The number of carbonyl (C=O) groups excluding carboxylic acids is 1. The molecule has 31 heavy (non-hydrogen) atoms. The highest BCUT2D eigenvalue weighted by molar-refractivity contribution is 7.71. The van der Waals surface area contributed by atoms with E-state index in [0.29, 0.717) is 28.6 Å². The van der Waals surface area contributed by atoms with Crippen LogP contribution in [0.4, 0.5) is 5.69 Å². The fraction of sp³-hybridized carbons (Fsp3) is 0.348. The number of methoxy groups -OCH3 is 2. The Balaban J connectivity index is 1.75. The maximum atomic E-state index is 12.7. The molecule has 164 valence electrons. The van der Waals surface area contributed by atoms with Gasteiger partial charge < -0.3 is 14.8 Å². The number of benzene rings is 2. The number of carbonyl (C=O) groups is 1. The van der Waals surface area contributed by atoms with Crippen LogP contribution in [0.15, 0.2) is 42.5 Å². The molecule has 2 N–H and O–H groups in total. The minimum absolute atomic E-state index is 0.0388. The summed E-state index contributed by atoms with van der Waals surface area (Å²) in [5.41, 5.74) is 2.62. The van der Waals surface area contributed by atoms with Crippen LogP contribution in [0.25, 0.3) is 11.4 Å². The molecule has 0 atom stereocenters. The summed E-state index contributed by atoms with van der Waals surface area (Å²) in [4.78, 5) is 12.7. The Bertz CT molecular complexity index is 1110. The molecule has 2 aromatic carbocycles. The second-order valence-corrected chi connectivity index (χ2v) is 8.58. The first kappa shape index (κ1) is 22.6. The van der Waals surface area contributed by atoms with Gasteiger partial charge in [-0.25, -0.2) is 0 Å². The van der Waals surface area contributed by atoms with E-state index in [4.69, 9.17) is 21.7 Å². The summed E-state index contributed by atoms with van der Waals surface area (Å²) >= 11 is 5.37. The number of nitrogens with one attached hydrogen (secondary N) is 2. The zero-order valence-corrected chi connectivity index (χ0v) is 19.3. The average molecular weight is 441 g/mol. The summed E-state index contributed by atoms with van der Waals surface area (Å²) in [6, 6.07) is 13.4. The third-order valence-electron chi connectivity index (χ3n) is 5.01. The van der Waals surface area contributed by atoms with Crippen molar-refractivity contribution in [3.8, 4) is 22.9 Å². The summed E-state index contributed by atoms with van der Waals surface area (Å²) in [5.74, 6) is 1.93. The quantitative estimate of drug-likeness (QED) is 0.508. The normalized spacial score (nSPS) is 11.3. The fourth-order valence-electron chi connectivity index (χ4n) is 3.18. The van der Waals surface area contributed by atoms with E-state index in [2.05, 4.69) is 36.3 Å². The van der Waals surface area contributed by atoms with E-state index in [1.54, 1.807) is 14.2 Å². The standard InChI is InChI=1S/C23H28N4O3S/c1-23(2,3)16-8-11-19(30-5)18(14-16)24-20(28)12-13-27-21(25-26-22(27)31)15-6-9-17(29-4)10-7-15/h6-11,14H,12-13H2,1-5H3,(H,24,28)(H,26,31). The maximum absolute atomic E-state index is 12.7. The molecule has 8 heteroatoms. The number of aromatic nitrogens is 3. The van der Waals surface area contributed by atoms with Gasteiger partial charge in [0, 0.05) is 18.5 Å². The second kappa shape index (κ2) is 9.34. The molecule has 1 heterocycles. The van der Waals surface area contributed by atoms with Gasteiger partial charge in [0.1, 0.15) is 11.5 Å². The highest BCUT2D eigenvalue weighted by atomic mass is 32.1. The number of ether oxygens (including phenoxy) is 2. The van der Waals surface area contributed by atoms with Crippen molar-refractivity contribution in [3.05, 3.63) is 52.8 Å². The van der Waals surface area contributed by atoms with E-state index < -0.39 is 0 Å². The van der Waals surface area contributed by atoms with Crippen molar-refractivity contribution in [2.45, 2.75) is 39.2 Å². The van der Waals surface area contributed by atoms with E-state index in [1.807, 2.05) is 47.0 Å². The molecular formula is C23H28N4O3S. The third-order valence-corrected chi connectivity index (χ3v) is 5.32. The molecule has 0 aliphatic rings. The van der Waals surface area contributed by atoms with Gasteiger partial charge in [-0.05, 0) is 59.6 Å². The molecule has 1 aromatic heterocycles. The van der Waals surface area contributed by atoms with Crippen molar-refractivity contribution >= 4 is 23.8 Å². The molecule has 0 radical (unpaired) electrons. The SMILES string of the molecule is COc1ccc(-c2n[nH]c(=S)n2CCC(=O)Nc2cc(C(C)(C)C)ccc2OC)cc1. The zero-order valence-electron chi connectivity index (χ0n) is 18.5. The van der Waals surface area contributed by atoms with Crippen LogP contribution in [0.5, 0.6) is 11.5 Å². The van der Waals surface area contributed by atoms with Crippen molar-refractivity contribution < 1.29 is 14.3 Å². The van der Waals surface area contributed by atoms with Crippen LogP contribution in [0.1, 0.15) is 32.8 Å². The fourth-order valence-corrected chi connectivity index (χ4v) is 3.41. The van der Waals surface area contributed by atoms with Crippen molar-refractivity contribution in [2.24, 2.45) is 0 Å². The zero-order chi connectivity index (χ0) is 22.6. The Morgan fingerprint density at radius 3 is 2.45 bits per heavy atom. The van der Waals surface area contributed by atoms with Gasteiger partial charge in [-0.15, -0.1) is 0 Å². The number of hydrogen-bond acceptors (Lipinski definition) is 5. The van der Waals surface area contributed by atoms with Crippen LogP contribution < -0.4 is 14.8 Å². The number of amides is 1. The van der Waals surface area contributed by atoms with Crippen LogP contribution in [0.3, 0.4) is 0 Å². The molecule has 0 unspecified atom stereocenters. The Labute approximate surface area is 187 Å². The van der Waals surface area contributed by atoms with Crippen LogP contribution in [-0.4, -0.2) is 34.9 Å². The number of H-pyrrole nitrogens is 1. The molecule has 0 fully saturated rings. The highest BCUT2D eigenvalue weighted by Gasteiger charge is 2.17. The molecular weight excluding hydrogens is 412 g/mol. The van der Waals surface area contributed by atoms with E-state index >= 15 is 0 Å². The molecule has 0 spiro atoms. The molecule has 0 bridgehead atoms. The number of anilines is 1. The van der Waals surface area contributed by atoms with Crippen LogP contribution >= 0.6 is 12.2 Å². The predicted molar refractivity (Wildman–Crippen MR) is 124 cm³/mol. The lowest BCUT2D eigenvalue weighted by Gasteiger charge is -2.21. The summed E-state index contributed by atoms with van der Waals surface area (Å²) in [7, 11) is 3.21. The minimum Gasteiger partial charge on any atom is -0.497 e. The van der Waals surface area contributed by atoms with Crippen molar-refractivity contribution in [2.75, 3.05) is 19.5 Å². The molecule has 7 nitrogen and oxygen atoms in total. The van der Waals surface area contributed by atoms with Gasteiger partial charge in [-0.1, -0.05) is 26.8 Å². The maximum Gasteiger partial charge on any atom is 0.226 e. The van der Waals surface area contributed by atoms with Gasteiger partial charge in [0.25, 0.3) is 0 Å². The Morgan fingerprint density at radius 2 is 1.84 bits per heavy atom. The lowest BCUT2D eigenvalue weighted by atomic mass is 9.87. The van der Waals surface area contributed by atoms with Gasteiger partial charge in [0.2, 0.25) is 5.91 Å². The first-order valence-electron chi connectivity index (χ1n) is 10.0. The van der Waals surface area contributed by atoms with E-state index in [9.17, 15) is 4.79 Å². The lowest BCUT2D eigenvalue weighted by Crippen LogP contribution is -2.17. The summed E-state index contributed by atoms with van der Waals surface area (Å²) in [6.45, 7) is 6.77. The first-order valence-corrected chi connectivity index (χ1v) is 10.4. The molecule has 3 rings (SSSR count). The van der Waals surface area contributed by atoms with Gasteiger partial charge in [0.15, 0.2) is 10.6 Å². The van der Waals surface area contributed by atoms with Crippen molar-refractivity contribution in [1.82, 2.24) is 14.8 Å². The van der Waals surface area contributed by atoms with E-state index in [1.165, 1.54) is 0 Å². The number of aromatic amines is 1. The van der Waals surface area contributed by atoms with Gasteiger partial charge in [-0.2, -0.15) is 5.10 Å². The molecule has 1 amide bonds. The molecule has 0 aliphatic carbocycles. The smallest absolute Gasteiger partial charge is 0.226 e. The van der Waals surface area contributed by atoms with Crippen molar-refractivity contribution in [1.29, 1.82) is 0 Å². The Hall–Kier alpha value is -3.13. The van der Waals surface area contributed by atoms with Crippen LogP contribution in [0.2, 0.25) is 0 Å². The van der Waals surface area contributed by atoms with Gasteiger partial charge in [0.05, 0.1) is 19.9 Å². The third kappa shape index (κ3) is 5.32. The molecule has 0 saturated heterocycles. The first-order chi connectivity index (χ1) is 14.7. The predicted octanol–water partition coefficient (Wildman–Crippen LogP) is 4.95. The highest BCUT2D eigenvalue weighted by Crippen LogP contribution is 2.31. The summed E-state index contributed by atoms with van der Waals surface area (Å²) in [6.07, 6.45) is 0.236. The Morgan fingerprint density at radius 1 is 1.13 bits per heavy atom. The van der Waals surface area contributed by atoms with Crippen LogP contribution in [0, 0.1) is 4.77 Å². The molecule has 3 aromatic rings. The number of nitrogens with zero attached hydrogens (tertiary/aromatic N) is 2. The second-order valence-electron chi connectivity index (χ2n) is 8.20. The topological polar surface area (TPSA) is 81.2 Å². The van der Waals surface area contributed by atoms with Crippen LogP contribution in [-0.2, 0) is 16.8 Å². The van der Waals surface area contributed by atoms with Gasteiger partial charge >= 0.3 is 0 Å². The van der Waals surface area contributed by atoms with Crippen molar-refractivity contribution in [3.63, 3.8) is 0 Å². The largest absolute Gasteiger partial charge is 0.497 e. The molecule has 0 saturated carbocycles. The van der Waals surface area contributed by atoms with E-state index in [-0.39, 0.29) is 17.7 Å². The minimum atomic E-state index is -0.131. The monoisotopic (exact) mass is 440 g/mol.